The number of hydrogen-bond donors (Lipinski definition) is 3. The molecule has 7 atom stereocenters. The number of carbonyl (C=O) groups excluding carboxylic acids is 4. The van der Waals surface area contributed by atoms with Gasteiger partial charge in [-0.2, -0.15) is 0 Å². The van der Waals surface area contributed by atoms with Gasteiger partial charge in [-0.05, 0) is 41.7 Å². The molecule has 2 aromatic carbocycles. The minimum atomic E-state index is -1.15. The molecule has 0 bridgehead atoms. The topological polar surface area (TPSA) is 144 Å². The summed E-state index contributed by atoms with van der Waals surface area (Å²) in [6.07, 6.45) is 1.03. The van der Waals surface area contributed by atoms with Gasteiger partial charge in [0.25, 0.3) is 0 Å². The van der Waals surface area contributed by atoms with Crippen molar-refractivity contribution in [3.63, 3.8) is 0 Å². The van der Waals surface area contributed by atoms with Gasteiger partial charge in [-0.3, -0.25) is 14.4 Å². The highest BCUT2D eigenvalue weighted by molar-refractivity contribution is 6.37. The average molecular weight is 676 g/mol. The van der Waals surface area contributed by atoms with Crippen molar-refractivity contribution < 1.29 is 38.5 Å². The van der Waals surface area contributed by atoms with Crippen molar-refractivity contribution in [2.75, 3.05) is 6.54 Å². The molecule has 12 heteroatoms. The van der Waals surface area contributed by atoms with E-state index in [1.165, 1.54) is 18.2 Å². The third-order valence-corrected chi connectivity index (χ3v) is 8.58. The third kappa shape index (κ3) is 9.47. The lowest BCUT2D eigenvalue weighted by molar-refractivity contribution is -0.176. The van der Waals surface area contributed by atoms with Crippen LogP contribution in [-0.2, 0) is 39.8 Å². The summed E-state index contributed by atoms with van der Waals surface area (Å²) in [6, 6.07) is 11.6. The number of rotatable bonds is 7. The molecule has 0 aliphatic carbocycles. The Morgan fingerprint density at radius 1 is 0.978 bits per heavy atom. The molecule has 0 saturated carbocycles. The zero-order valence-electron chi connectivity index (χ0n) is 26.2. The zero-order valence-corrected chi connectivity index (χ0v) is 27.7. The van der Waals surface area contributed by atoms with E-state index in [0.29, 0.717) is 5.56 Å². The first-order valence-electron chi connectivity index (χ1n) is 15.4. The number of nitrogens with one attached hydrogen (secondary N) is 2. The van der Waals surface area contributed by atoms with Gasteiger partial charge in [0, 0.05) is 25.3 Å². The number of hydrogen-bond acceptors (Lipinski definition) is 8. The molecule has 1 fully saturated rings. The Balaban J connectivity index is 1.59. The second kappa shape index (κ2) is 15.8. The zero-order chi connectivity index (χ0) is 33.5. The first kappa shape index (κ1) is 35.3. The maximum absolute atomic E-state index is 13.5. The summed E-state index contributed by atoms with van der Waals surface area (Å²) in [5.41, 5.74) is 1.50. The standard InChI is InChI=1S/C34H40Cl2N2O8/c1-18(2)13-27-34(43)44-26(20(4)30-31(46-30)22-9-6-5-7-10-22)11-8-12-28(39)38-25(32(41)37-17-19(3)33(42)45-27)16-21-14-23(35)29(40)24(36)15-21/h5-10,12,14-15,18-20,25-27,30-31,40H,11,13,16-17H2,1-4H3,(H,37,41)(H,38,39)/b12-8+/t19-,20+,25-,26+,27?,30-,31-/m1/s1. The fourth-order valence-corrected chi connectivity index (χ4v) is 5.82. The van der Waals surface area contributed by atoms with Crippen LogP contribution in [-0.4, -0.2) is 59.8 Å². The molecular formula is C34H40Cl2N2O8. The quantitative estimate of drug-likeness (QED) is 0.272. The lowest BCUT2D eigenvalue weighted by Gasteiger charge is -2.27. The van der Waals surface area contributed by atoms with E-state index in [2.05, 4.69) is 10.6 Å². The summed E-state index contributed by atoms with van der Waals surface area (Å²) >= 11 is 12.2. The SMILES string of the molecule is CC(C)CC1OC(=O)[C@H](C)CNC(=O)[C@@H](Cc2cc(Cl)c(O)c(Cl)c2)NC(=O)/C=C/C[C@@H]([C@H](C)[C@H]2O[C@@H]2c2ccccc2)OC1=O. The van der Waals surface area contributed by atoms with Crippen LogP contribution < -0.4 is 10.6 Å². The fraction of sp³-hybridized carbons (Fsp3) is 0.471. The number of halogens is 2. The van der Waals surface area contributed by atoms with Crippen molar-refractivity contribution in [3.8, 4) is 5.75 Å². The third-order valence-electron chi connectivity index (χ3n) is 8.00. The van der Waals surface area contributed by atoms with E-state index in [4.69, 9.17) is 37.4 Å². The van der Waals surface area contributed by atoms with E-state index in [0.717, 1.165) is 5.56 Å². The van der Waals surface area contributed by atoms with Crippen LogP contribution in [0.4, 0.5) is 0 Å². The van der Waals surface area contributed by atoms with Gasteiger partial charge in [0.1, 0.15) is 18.2 Å². The molecule has 0 spiro atoms. The molecule has 2 amide bonds. The highest BCUT2D eigenvalue weighted by atomic mass is 35.5. The minimum absolute atomic E-state index is 0.00138. The number of phenolic OH excluding ortho intramolecular Hbond substituents is 1. The van der Waals surface area contributed by atoms with E-state index >= 15 is 0 Å². The second-order valence-corrected chi connectivity index (χ2v) is 13.1. The number of esters is 2. The molecule has 10 nitrogen and oxygen atoms in total. The highest BCUT2D eigenvalue weighted by Crippen LogP contribution is 2.45. The van der Waals surface area contributed by atoms with E-state index in [1.54, 1.807) is 13.0 Å². The van der Waals surface area contributed by atoms with Crippen LogP contribution in [0.1, 0.15) is 57.8 Å². The van der Waals surface area contributed by atoms with E-state index in [1.807, 2.05) is 51.1 Å². The smallest absolute Gasteiger partial charge is 0.347 e. The van der Waals surface area contributed by atoms with Crippen molar-refractivity contribution >= 4 is 47.0 Å². The summed E-state index contributed by atoms with van der Waals surface area (Å²) in [6.45, 7) is 7.18. The maximum Gasteiger partial charge on any atom is 0.347 e. The molecule has 2 heterocycles. The molecule has 2 aromatic rings. The van der Waals surface area contributed by atoms with Gasteiger partial charge in [0.15, 0.2) is 11.9 Å². The number of ether oxygens (including phenoxy) is 3. The Morgan fingerprint density at radius 3 is 2.30 bits per heavy atom. The van der Waals surface area contributed by atoms with Gasteiger partial charge >= 0.3 is 11.9 Å². The predicted molar refractivity (Wildman–Crippen MR) is 172 cm³/mol. The molecule has 1 unspecified atom stereocenters. The molecule has 248 valence electrons. The minimum Gasteiger partial charge on any atom is -0.505 e. The van der Waals surface area contributed by atoms with Crippen LogP contribution in [0, 0.1) is 17.8 Å². The van der Waals surface area contributed by atoms with Crippen molar-refractivity contribution in [2.45, 2.75) is 77.4 Å². The average Bonchev–Trinajstić information content (AvgIpc) is 3.81. The Bertz CT molecular complexity index is 1430. The Kier molecular flexibility index (Phi) is 12.1. The van der Waals surface area contributed by atoms with Gasteiger partial charge in [-0.25, -0.2) is 4.79 Å². The van der Waals surface area contributed by atoms with Gasteiger partial charge in [-0.1, -0.05) is 87.3 Å². The second-order valence-electron chi connectivity index (χ2n) is 12.3. The molecule has 0 radical (unpaired) electrons. The van der Waals surface area contributed by atoms with E-state index in [-0.39, 0.29) is 65.6 Å². The van der Waals surface area contributed by atoms with E-state index < -0.39 is 47.9 Å². The molecule has 2 aliphatic rings. The number of amides is 2. The highest BCUT2D eigenvalue weighted by Gasteiger charge is 2.47. The van der Waals surface area contributed by atoms with Crippen LogP contribution in [0.2, 0.25) is 10.0 Å². The summed E-state index contributed by atoms with van der Waals surface area (Å²) in [5.74, 6) is -3.82. The number of epoxide rings is 1. The normalized spacial score (nSPS) is 27.6. The van der Waals surface area contributed by atoms with Crippen LogP contribution in [0.3, 0.4) is 0 Å². The number of cyclic esters (lactones) is 2. The van der Waals surface area contributed by atoms with Gasteiger partial charge in [0.2, 0.25) is 11.8 Å². The lowest BCUT2D eigenvalue weighted by Crippen LogP contribution is -2.49. The van der Waals surface area contributed by atoms with Crippen molar-refractivity contribution in [3.05, 3.63) is 75.8 Å². The summed E-state index contributed by atoms with van der Waals surface area (Å²) in [4.78, 5) is 52.9. The van der Waals surface area contributed by atoms with Crippen LogP contribution in [0.25, 0.3) is 0 Å². The largest absolute Gasteiger partial charge is 0.505 e. The number of phenols is 1. The monoisotopic (exact) mass is 674 g/mol. The number of aromatic hydroxyl groups is 1. The number of carbonyl (C=O) groups is 4. The van der Waals surface area contributed by atoms with Gasteiger partial charge in [-0.15, -0.1) is 0 Å². The Labute approximate surface area is 278 Å². The predicted octanol–water partition coefficient (Wildman–Crippen LogP) is 5.08. The van der Waals surface area contributed by atoms with Crippen molar-refractivity contribution in [2.24, 2.45) is 17.8 Å². The molecule has 3 N–H and O–H groups in total. The molecule has 1 saturated heterocycles. The number of benzene rings is 2. The first-order chi connectivity index (χ1) is 21.8. The molecule has 46 heavy (non-hydrogen) atoms. The Morgan fingerprint density at radius 2 is 1.65 bits per heavy atom. The van der Waals surface area contributed by atoms with Crippen LogP contribution in [0.15, 0.2) is 54.6 Å². The van der Waals surface area contributed by atoms with Crippen molar-refractivity contribution in [1.29, 1.82) is 0 Å². The van der Waals surface area contributed by atoms with Gasteiger partial charge < -0.3 is 30.0 Å². The molecular weight excluding hydrogens is 635 g/mol. The fourth-order valence-electron chi connectivity index (χ4n) is 5.29. The van der Waals surface area contributed by atoms with E-state index in [9.17, 15) is 24.3 Å². The molecule has 2 aliphatic heterocycles. The lowest BCUT2D eigenvalue weighted by atomic mass is 9.93. The summed E-state index contributed by atoms with van der Waals surface area (Å²) < 4.78 is 17.6. The summed E-state index contributed by atoms with van der Waals surface area (Å²) in [7, 11) is 0. The van der Waals surface area contributed by atoms with Crippen LogP contribution >= 0.6 is 23.2 Å². The van der Waals surface area contributed by atoms with Crippen molar-refractivity contribution in [1.82, 2.24) is 10.6 Å². The van der Waals surface area contributed by atoms with Gasteiger partial charge in [0.05, 0.1) is 22.1 Å². The maximum atomic E-state index is 13.5. The first-order valence-corrected chi connectivity index (χ1v) is 16.1. The Hall–Kier alpha value is -3.60. The molecule has 4 rings (SSSR count). The molecule has 0 aromatic heterocycles. The van der Waals surface area contributed by atoms with Crippen LogP contribution in [0.5, 0.6) is 5.75 Å². The summed E-state index contributed by atoms with van der Waals surface area (Å²) in [5, 5.41) is 15.3.